The molecule has 0 aromatic rings. The molecule has 11 heavy (non-hydrogen) atoms. The predicted octanol–water partition coefficient (Wildman–Crippen LogP) is 0.740. The third-order valence-corrected chi connectivity index (χ3v) is 2.20. The second-order valence-corrected chi connectivity index (χ2v) is 3.45. The highest BCUT2D eigenvalue weighted by Gasteiger charge is 2.08. The number of thioether (sulfide) groups is 1. The maximum atomic E-state index is 5.56. The van der Waals surface area contributed by atoms with Gasteiger partial charge in [-0.2, -0.15) is 0 Å². The molecule has 0 atom stereocenters. The van der Waals surface area contributed by atoms with Crippen molar-refractivity contribution in [3.8, 4) is 0 Å². The molecule has 1 aliphatic heterocycles. The van der Waals surface area contributed by atoms with Crippen molar-refractivity contribution in [2.75, 3.05) is 12.4 Å². The number of nitrogens with two attached hydrogens (primary N) is 2. The first kappa shape index (κ1) is 8.33. The Morgan fingerprint density at radius 1 is 1.73 bits per heavy atom. The summed E-state index contributed by atoms with van der Waals surface area (Å²) in [6.45, 7) is 2.52. The third-order valence-electron chi connectivity index (χ3n) is 1.20. The maximum absolute atomic E-state index is 5.56. The molecule has 0 amide bonds. The molecule has 0 saturated heterocycles. The molecule has 4 N–H and O–H groups in total. The summed E-state index contributed by atoms with van der Waals surface area (Å²) < 4.78 is 5.13. The van der Waals surface area contributed by atoms with Crippen molar-refractivity contribution in [1.29, 1.82) is 0 Å². The van der Waals surface area contributed by atoms with Gasteiger partial charge < -0.3 is 16.2 Å². The molecule has 0 radical (unpaired) electrons. The Balaban J connectivity index is 2.75. The molecular formula is C7H12N2OS. The lowest BCUT2D eigenvalue weighted by Crippen LogP contribution is -2.13. The van der Waals surface area contributed by atoms with Gasteiger partial charge in [-0.3, -0.25) is 0 Å². The number of hydrogen-bond donors (Lipinski definition) is 2. The van der Waals surface area contributed by atoms with E-state index in [4.69, 9.17) is 16.2 Å². The van der Waals surface area contributed by atoms with E-state index in [1.165, 1.54) is 0 Å². The zero-order chi connectivity index (χ0) is 8.27. The van der Waals surface area contributed by atoms with Gasteiger partial charge in [-0.05, 0) is 13.0 Å². The second-order valence-electron chi connectivity index (χ2n) is 2.31. The molecule has 1 rings (SSSR count). The molecule has 3 nitrogen and oxygen atoms in total. The quantitative estimate of drug-likeness (QED) is 0.612. The molecule has 0 aliphatic carbocycles. The van der Waals surface area contributed by atoms with E-state index >= 15 is 0 Å². The van der Waals surface area contributed by atoms with E-state index in [0.29, 0.717) is 12.5 Å². The molecule has 1 heterocycles. The fraction of sp³-hybridized carbons (Fsp3) is 0.429. The van der Waals surface area contributed by atoms with Crippen molar-refractivity contribution >= 4 is 11.8 Å². The Bertz CT molecular complexity index is 206. The Hall–Kier alpha value is -0.770. The van der Waals surface area contributed by atoms with Gasteiger partial charge >= 0.3 is 0 Å². The van der Waals surface area contributed by atoms with E-state index in [-0.39, 0.29) is 0 Å². The summed E-state index contributed by atoms with van der Waals surface area (Å²) in [4.78, 5) is 0.941. The van der Waals surface area contributed by atoms with Crippen molar-refractivity contribution in [3.63, 3.8) is 0 Å². The van der Waals surface area contributed by atoms with Crippen LogP contribution in [-0.2, 0) is 4.74 Å². The van der Waals surface area contributed by atoms with Crippen LogP contribution in [0.25, 0.3) is 0 Å². The van der Waals surface area contributed by atoms with Gasteiger partial charge in [0.15, 0.2) is 5.88 Å². The molecule has 0 bridgehead atoms. The van der Waals surface area contributed by atoms with Crippen molar-refractivity contribution in [3.05, 3.63) is 22.6 Å². The van der Waals surface area contributed by atoms with Gasteiger partial charge in [-0.15, -0.1) is 11.8 Å². The van der Waals surface area contributed by atoms with Gasteiger partial charge in [0.05, 0.1) is 11.5 Å². The van der Waals surface area contributed by atoms with Gasteiger partial charge in [0.2, 0.25) is 0 Å². The van der Waals surface area contributed by atoms with Crippen molar-refractivity contribution in [2.24, 2.45) is 11.5 Å². The van der Waals surface area contributed by atoms with E-state index < -0.39 is 0 Å². The Labute approximate surface area is 70.5 Å². The Morgan fingerprint density at radius 2 is 2.45 bits per heavy atom. The molecule has 0 aromatic heterocycles. The molecule has 0 aromatic carbocycles. The van der Waals surface area contributed by atoms with Gasteiger partial charge in [-0.1, -0.05) is 0 Å². The van der Waals surface area contributed by atoms with Crippen molar-refractivity contribution in [1.82, 2.24) is 0 Å². The van der Waals surface area contributed by atoms with E-state index in [9.17, 15) is 0 Å². The fourth-order valence-electron chi connectivity index (χ4n) is 0.765. The minimum absolute atomic E-state index is 0.492. The van der Waals surface area contributed by atoms with E-state index in [0.717, 1.165) is 16.4 Å². The lowest BCUT2D eigenvalue weighted by atomic mass is 10.4. The van der Waals surface area contributed by atoms with Crippen LogP contribution in [0.1, 0.15) is 6.92 Å². The summed E-state index contributed by atoms with van der Waals surface area (Å²) in [6, 6.07) is 0. The number of rotatable bonds is 1. The van der Waals surface area contributed by atoms with Crippen molar-refractivity contribution in [2.45, 2.75) is 6.92 Å². The highest BCUT2D eigenvalue weighted by Crippen LogP contribution is 2.24. The first-order valence-electron chi connectivity index (χ1n) is 3.39. The summed E-state index contributed by atoms with van der Waals surface area (Å²) in [5.41, 5.74) is 11.8. The van der Waals surface area contributed by atoms with Gasteiger partial charge in [0.25, 0.3) is 0 Å². The summed E-state index contributed by atoms with van der Waals surface area (Å²) in [5, 5.41) is 0. The predicted molar refractivity (Wildman–Crippen MR) is 47.6 cm³/mol. The highest BCUT2D eigenvalue weighted by atomic mass is 32.2. The average Bonchev–Trinajstić information content (AvgIpc) is 1.93. The topological polar surface area (TPSA) is 61.3 Å². The van der Waals surface area contributed by atoms with Crippen LogP contribution in [0.15, 0.2) is 22.6 Å². The van der Waals surface area contributed by atoms with Gasteiger partial charge in [0.1, 0.15) is 0 Å². The smallest absolute Gasteiger partial charge is 0.198 e. The summed E-state index contributed by atoms with van der Waals surface area (Å²) in [5.74, 6) is 1.44. The summed E-state index contributed by atoms with van der Waals surface area (Å²) >= 11 is 1.67. The summed E-state index contributed by atoms with van der Waals surface area (Å²) in [7, 11) is 0. The van der Waals surface area contributed by atoms with E-state index in [1.807, 2.05) is 13.0 Å². The van der Waals surface area contributed by atoms with Gasteiger partial charge in [0, 0.05) is 11.4 Å². The minimum atomic E-state index is 0.492. The zero-order valence-corrected chi connectivity index (χ0v) is 7.28. The SMILES string of the molecule is C/C(N)=C/C1=C(N)OCCS1. The Morgan fingerprint density at radius 3 is 3.00 bits per heavy atom. The van der Waals surface area contributed by atoms with Crippen LogP contribution >= 0.6 is 11.8 Å². The molecule has 0 unspecified atom stereocenters. The van der Waals surface area contributed by atoms with Crippen LogP contribution in [0.2, 0.25) is 0 Å². The second kappa shape index (κ2) is 3.57. The molecule has 4 heteroatoms. The fourth-order valence-corrected chi connectivity index (χ4v) is 1.62. The average molecular weight is 172 g/mol. The molecule has 0 spiro atoms. The van der Waals surface area contributed by atoms with Gasteiger partial charge in [-0.25, -0.2) is 0 Å². The number of ether oxygens (including phenoxy) is 1. The molecule has 1 aliphatic rings. The van der Waals surface area contributed by atoms with Crippen LogP contribution in [0.5, 0.6) is 0 Å². The maximum Gasteiger partial charge on any atom is 0.198 e. The standard InChI is InChI=1S/C7H12N2OS/c1-5(8)4-6-7(9)10-2-3-11-6/h4H,2-3,8-9H2,1H3/b5-4-. The largest absolute Gasteiger partial charge is 0.478 e. The first-order chi connectivity index (χ1) is 5.20. The normalized spacial score (nSPS) is 19.9. The third kappa shape index (κ3) is 2.38. The highest BCUT2D eigenvalue weighted by molar-refractivity contribution is 8.03. The van der Waals surface area contributed by atoms with Crippen LogP contribution < -0.4 is 11.5 Å². The zero-order valence-electron chi connectivity index (χ0n) is 6.46. The molecular weight excluding hydrogens is 160 g/mol. The first-order valence-corrected chi connectivity index (χ1v) is 4.38. The lowest BCUT2D eigenvalue weighted by molar-refractivity contribution is 0.225. The lowest BCUT2D eigenvalue weighted by Gasteiger charge is -2.15. The van der Waals surface area contributed by atoms with Crippen molar-refractivity contribution < 1.29 is 4.74 Å². The molecule has 0 saturated carbocycles. The number of hydrogen-bond acceptors (Lipinski definition) is 4. The van der Waals surface area contributed by atoms with Crippen LogP contribution in [0, 0.1) is 0 Å². The Kier molecular flexibility index (Phi) is 2.70. The van der Waals surface area contributed by atoms with Crippen LogP contribution in [0.3, 0.4) is 0 Å². The number of allylic oxidation sites excluding steroid dienone is 2. The van der Waals surface area contributed by atoms with E-state index in [2.05, 4.69) is 0 Å². The minimum Gasteiger partial charge on any atom is -0.478 e. The van der Waals surface area contributed by atoms with Crippen LogP contribution in [0.4, 0.5) is 0 Å². The summed E-state index contributed by atoms with van der Waals surface area (Å²) in [6.07, 6.45) is 1.83. The molecule has 0 fully saturated rings. The van der Waals surface area contributed by atoms with Crippen LogP contribution in [-0.4, -0.2) is 12.4 Å². The monoisotopic (exact) mass is 172 g/mol. The molecule has 62 valence electrons. The van der Waals surface area contributed by atoms with E-state index in [1.54, 1.807) is 11.8 Å².